The van der Waals surface area contributed by atoms with Crippen molar-refractivity contribution in [2.75, 3.05) is 0 Å². The predicted molar refractivity (Wildman–Crippen MR) is 93.6 cm³/mol. The van der Waals surface area contributed by atoms with Crippen LogP contribution in [-0.2, 0) is 6.42 Å². The lowest BCUT2D eigenvalue weighted by Gasteiger charge is -2.12. The minimum atomic E-state index is -0.325. The van der Waals surface area contributed by atoms with E-state index in [-0.39, 0.29) is 23.5 Å². The summed E-state index contributed by atoms with van der Waals surface area (Å²) in [5.41, 5.74) is 2.12. The Morgan fingerprint density at radius 2 is 1.88 bits per heavy atom. The van der Waals surface area contributed by atoms with Gasteiger partial charge in [-0.2, -0.15) is 0 Å². The maximum Gasteiger partial charge on any atom is 0.273 e. The molecule has 0 aliphatic rings. The van der Waals surface area contributed by atoms with Crippen molar-refractivity contribution >= 4 is 5.91 Å². The van der Waals surface area contributed by atoms with E-state index in [1.165, 1.54) is 17.7 Å². The molecule has 1 amide bonds. The van der Waals surface area contributed by atoms with E-state index in [0.717, 1.165) is 12.8 Å². The van der Waals surface area contributed by atoms with Gasteiger partial charge in [0.05, 0.1) is 0 Å². The van der Waals surface area contributed by atoms with Crippen molar-refractivity contribution in [2.24, 2.45) is 0 Å². The van der Waals surface area contributed by atoms with Crippen molar-refractivity contribution < 1.29 is 13.7 Å². The van der Waals surface area contributed by atoms with E-state index in [1.807, 2.05) is 25.1 Å². The van der Waals surface area contributed by atoms with Gasteiger partial charge in [0, 0.05) is 17.7 Å². The number of aryl methyl sites for hydroxylation is 1. The molecule has 0 aliphatic heterocycles. The summed E-state index contributed by atoms with van der Waals surface area (Å²) < 4.78 is 18.2. The molecule has 1 N–H and O–H groups in total. The highest BCUT2D eigenvalue weighted by molar-refractivity contribution is 5.93. The zero-order valence-electron chi connectivity index (χ0n) is 13.9. The van der Waals surface area contributed by atoms with Crippen molar-refractivity contribution in [3.05, 3.63) is 77.7 Å². The molecule has 4 nitrogen and oxygen atoms in total. The third kappa shape index (κ3) is 4.53. The van der Waals surface area contributed by atoms with Gasteiger partial charge in [-0.1, -0.05) is 35.5 Å². The first-order chi connectivity index (χ1) is 12.1. The molecule has 2 aromatic carbocycles. The second-order valence-electron chi connectivity index (χ2n) is 5.98. The van der Waals surface area contributed by atoms with Gasteiger partial charge in [-0.05, 0) is 49.6 Å². The first-order valence-corrected chi connectivity index (χ1v) is 8.19. The zero-order valence-corrected chi connectivity index (χ0v) is 13.9. The topological polar surface area (TPSA) is 55.1 Å². The number of hydrogen-bond donors (Lipinski definition) is 1. The first-order valence-electron chi connectivity index (χ1n) is 8.19. The van der Waals surface area contributed by atoms with E-state index in [0.29, 0.717) is 11.3 Å². The summed E-state index contributed by atoms with van der Waals surface area (Å²) in [6.07, 6.45) is 1.72. The van der Waals surface area contributed by atoms with Crippen molar-refractivity contribution in [3.8, 4) is 11.3 Å². The van der Waals surface area contributed by atoms with Crippen LogP contribution in [-0.4, -0.2) is 17.1 Å². The van der Waals surface area contributed by atoms with Crippen LogP contribution in [0.4, 0.5) is 4.39 Å². The summed E-state index contributed by atoms with van der Waals surface area (Å²) in [6, 6.07) is 17.5. The van der Waals surface area contributed by atoms with E-state index < -0.39 is 0 Å². The fourth-order valence-electron chi connectivity index (χ4n) is 2.53. The molecule has 0 aliphatic carbocycles. The van der Waals surface area contributed by atoms with Gasteiger partial charge >= 0.3 is 0 Å². The van der Waals surface area contributed by atoms with Crippen molar-refractivity contribution in [2.45, 2.75) is 25.8 Å². The molecule has 0 saturated heterocycles. The Bertz CT molecular complexity index is 828. The van der Waals surface area contributed by atoms with Gasteiger partial charge in [0.15, 0.2) is 11.5 Å². The zero-order chi connectivity index (χ0) is 17.6. The number of aromatic nitrogens is 1. The van der Waals surface area contributed by atoms with Crippen LogP contribution in [0.3, 0.4) is 0 Å². The summed E-state index contributed by atoms with van der Waals surface area (Å²) in [6.45, 7) is 1.96. The molecule has 1 aromatic heterocycles. The summed E-state index contributed by atoms with van der Waals surface area (Å²) in [5.74, 6) is -0.173. The first kappa shape index (κ1) is 16.9. The number of halogens is 1. The minimum absolute atomic E-state index is 0.0127. The molecule has 0 spiro atoms. The normalized spacial score (nSPS) is 11.9. The fourth-order valence-corrected chi connectivity index (χ4v) is 2.53. The van der Waals surface area contributed by atoms with E-state index in [4.69, 9.17) is 4.52 Å². The van der Waals surface area contributed by atoms with Crippen molar-refractivity contribution in [1.29, 1.82) is 0 Å². The maximum absolute atomic E-state index is 13.0. The van der Waals surface area contributed by atoms with Crippen molar-refractivity contribution in [1.82, 2.24) is 10.5 Å². The number of benzene rings is 2. The van der Waals surface area contributed by atoms with E-state index in [9.17, 15) is 9.18 Å². The smallest absolute Gasteiger partial charge is 0.273 e. The highest BCUT2D eigenvalue weighted by atomic mass is 19.1. The monoisotopic (exact) mass is 338 g/mol. The van der Waals surface area contributed by atoms with Crippen LogP contribution in [0.25, 0.3) is 11.3 Å². The van der Waals surface area contributed by atoms with Crippen LogP contribution in [0.2, 0.25) is 0 Å². The highest BCUT2D eigenvalue weighted by Gasteiger charge is 2.15. The molecule has 0 bridgehead atoms. The molecule has 0 radical (unpaired) electrons. The quantitative estimate of drug-likeness (QED) is 0.732. The molecule has 128 valence electrons. The second kappa shape index (κ2) is 7.75. The van der Waals surface area contributed by atoms with Gasteiger partial charge in [0.2, 0.25) is 0 Å². The SMILES string of the molecule is C[C@H](CCc1ccccc1)NC(=O)c1cc(-c2ccc(F)cc2)on1. The second-order valence-corrected chi connectivity index (χ2v) is 5.98. The molecule has 0 saturated carbocycles. The molecule has 1 atom stereocenters. The Morgan fingerprint density at radius 1 is 1.16 bits per heavy atom. The number of rotatable bonds is 6. The van der Waals surface area contributed by atoms with Crippen LogP contribution in [0, 0.1) is 5.82 Å². The third-order valence-corrected chi connectivity index (χ3v) is 3.96. The average molecular weight is 338 g/mol. The number of nitrogens with one attached hydrogen (secondary N) is 1. The molecule has 0 unspecified atom stereocenters. The van der Waals surface area contributed by atoms with Crippen LogP contribution in [0.5, 0.6) is 0 Å². The molecular weight excluding hydrogens is 319 g/mol. The van der Waals surface area contributed by atoms with Crippen LogP contribution in [0.1, 0.15) is 29.4 Å². The molecule has 1 heterocycles. The van der Waals surface area contributed by atoms with Gasteiger partial charge in [0.1, 0.15) is 5.82 Å². The Balaban J connectivity index is 1.57. The predicted octanol–water partition coefficient (Wildman–Crippen LogP) is 4.23. The summed E-state index contributed by atoms with van der Waals surface area (Å²) in [7, 11) is 0. The van der Waals surface area contributed by atoms with Gasteiger partial charge in [-0.15, -0.1) is 0 Å². The molecule has 3 rings (SSSR count). The van der Waals surface area contributed by atoms with Crippen LogP contribution < -0.4 is 5.32 Å². The standard InChI is InChI=1S/C20H19FN2O2/c1-14(7-8-15-5-3-2-4-6-15)22-20(24)18-13-19(25-23-18)16-9-11-17(21)12-10-16/h2-6,9-14H,7-8H2,1H3,(H,22,24)/t14-/m1/s1. The summed E-state index contributed by atoms with van der Waals surface area (Å²) in [4.78, 5) is 12.3. The number of amides is 1. The van der Waals surface area contributed by atoms with E-state index in [1.54, 1.807) is 18.2 Å². The number of carbonyl (C=O) groups excluding carboxylic acids is 1. The molecule has 25 heavy (non-hydrogen) atoms. The maximum atomic E-state index is 13.0. The van der Waals surface area contributed by atoms with Crippen LogP contribution >= 0.6 is 0 Å². The Hall–Kier alpha value is -2.95. The third-order valence-electron chi connectivity index (χ3n) is 3.96. The lowest BCUT2D eigenvalue weighted by Crippen LogP contribution is -2.33. The minimum Gasteiger partial charge on any atom is -0.355 e. The summed E-state index contributed by atoms with van der Waals surface area (Å²) >= 11 is 0. The molecule has 3 aromatic rings. The highest BCUT2D eigenvalue weighted by Crippen LogP contribution is 2.20. The molecular formula is C20H19FN2O2. The van der Waals surface area contributed by atoms with Gasteiger partial charge in [-0.3, -0.25) is 4.79 Å². The Labute approximate surface area is 145 Å². The average Bonchev–Trinajstić information content (AvgIpc) is 3.12. The molecule has 5 heteroatoms. The Kier molecular flexibility index (Phi) is 5.23. The fraction of sp³-hybridized carbons (Fsp3) is 0.200. The van der Waals surface area contributed by atoms with E-state index >= 15 is 0 Å². The number of nitrogens with zero attached hydrogens (tertiary/aromatic N) is 1. The van der Waals surface area contributed by atoms with Gasteiger partial charge < -0.3 is 9.84 Å². The lowest BCUT2D eigenvalue weighted by atomic mass is 10.1. The Morgan fingerprint density at radius 3 is 2.60 bits per heavy atom. The summed E-state index contributed by atoms with van der Waals surface area (Å²) in [5, 5.41) is 6.72. The van der Waals surface area contributed by atoms with E-state index in [2.05, 4.69) is 22.6 Å². The largest absolute Gasteiger partial charge is 0.355 e. The van der Waals surface area contributed by atoms with Crippen molar-refractivity contribution in [3.63, 3.8) is 0 Å². The van der Waals surface area contributed by atoms with Crippen LogP contribution in [0.15, 0.2) is 65.2 Å². The van der Waals surface area contributed by atoms with Gasteiger partial charge in [0.25, 0.3) is 5.91 Å². The molecule has 0 fully saturated rings. The lowest BCUT2D eigenvalue weighted by molar-refractivity contribution is 0.0929. The number of hydrogen-bond acceptors (Lipinski definition) is 3. The number of carbonyl (C=O) groups is 1. The van der Waals surface area contributed by atoms with Gasteiger partial charge in [-0.25, -0.2) is 4.39 Å².